The molecule has 0 spiro atoms. The summed E-state index contributed by atoms with van der Waals surface area (Å²) in [5, 5.41) is 8.74. The van der Waals surface area contributed by atoms with Crippen LogP contribution in [0.15, 0.2) is 35.3 Å². The number of rotatable bonds is 3. The molecular weight excluding hydrogens is 290 g/mol. The molecule has 0 aromatic carbocycles. The molecule has 0 unspecified atom stereocenters. The van der Waals surface area contributed by atoms with Gasteiger partial charge in [0, 0.05) is 10.7 Å². The topological polar surface area (TPSA) is 85.2 Å². The lowest BCUT2D eigenvalue weighted by atomic mass is 10.4. The van der Waals surface area contributed by atoms with Crippen LogP contribution < -0.4 is 4.74 Å². The molecule has 2 rings (SSSR count). The van der Waals surface area contributed by atoms with Crippen molar-refractivity contribution >= 4 is 21.9 Å². The Hall–Kier alpha value is -2.02. The van der Waals surface area contributed by atoms with Crippen molar-refractivity contribution in [2.75, 3.05) is 0 Å². The van der Waals surface area contributed by atoms with E-state index in [4.69, 9.17) is 9.84 Å². The molecule has 0 aliphatic heterocycles. The van der Waals surface area contributed by atoms with Crippen molar-refractivity contribution in [1.82, 2.24) is 15.0 Å². The highest BCUT2D eigenvalue weighted by atomic mass is 79.9. The maximum atomic E-state index is 10.7. The minimum absolute atomic E-state index is 0.102. The zero-order valence-corrected chi connectivity index (χ0v) is 9.96. The quantitative estimate of drug-likeness (QED) is 0.933. The summed E-state index contributed by atoms with van der Waals surface area (Å²) >= 11 is 3.24. The summed E-state index contributed by atoms with van der Waals surface area (Å²) in [6.07, 6.45) is 5.56. The Morgan fingerprint density at radius 2 is 2.00 bits per heavy atom. The average Bonchev–Trinajstić information content (AvgIpc) is 2.29. The molecule has 0 saturated carbocycles. The maximum absolute atomic E-state index is 10.7. The molecule has 0 amide bonds. The zero-order valence-electron chi connectivity index (χ0n) is 8.37. The van der Waals surface area contributed by atoms with Crippen LogP contribution in [0, 0.1) is 0 Å². The van der Waals surface area contributed by atoms with Gasteiger partial charge in [0.05, 0.1) is 18.6 Å². The molecule has 2 aromatic heterocycles. The second-order valence-corrected chi connectivity index (χ2v) is 3.90. The van der Waals surface area contributed by atoms with Gasteiger partial charge in [-0.25, -0.2) is 9.78 Å². The first kappa shape index (κ1) is 11.5. The lowest BCUT2D eigenvalue weighted by molar-refractivity contribution is 0.0689. The minimum Gasteiger partial charge on any atom is -0.476 e. The number of carboxylic acid groups (broad SMARTS) is 1. The van der Waals surface area contributed by atoms with Crippen LogP contribution in [0.2, 0.25) is 0 Å². The van der Waals surface area contributed by atoms with E-state index in [0.29, 0.717) is 5.75 Å². The molecule has 0 aliphatic rings. The first-order chi connectivity index (χ1) is 8.15. The number of pyridine rings is 1. The van der Waals surface area contributed by atoms with E-state index in [1.165, 1.54) is 12.4 Å². The molecule has 0 atom stereocenters. The Balaban J connectivity index is 2.24. The van der Waals surface area contributed by atoms with Crippen LogP contribution in [0.25, 0.3) is 0 Å². The predicted molar refractivity (Wildman–Crippen MR) is 61.0 cm³/mol. The number of carbonyl (C=O) groups is 1. The van der Waals surface area contributed by atoms with Crippen molar-refractivity contribution in [1.29, 1.82) is 0 Å². The Morgan fingerprint density at radius 1 is 1.24 bits per heavy atom. The lowest BCUT2D eigenvalue weighted by Gasteiger charge is -2.04. The lowest BCUT2D eigenvalue weighted by Crippen LogP contribution is -2.02. The maximum Gasteiger partial charge on any atom is 0.356 e. The number of nitrogens with zero attached hydrogens (tertiary/aromatic N) is 3. The molecule has 0 saturated heterocycles. The molecule has 2 aromatic rings. The van der Waals surface area contributed by atoms with Crippen molar-refractivity contribution < 1.29 is 14.6 Å². The molecule has 2 heterocycles. The van der Waals surface area contributed by atoms with E-state index < -0.39 is 5.97 Å². The monoisotopic (exact) mass is 295 g/mol. The van der Waals surface area contributed by atoms with Gasteiger partial charge >= 0.3 is 5.97 Å². The molecule has 86 valence electrons. The fourth-order valence-electron chi connectivity index (χ4n) is 1.07. The van der Waals surface area contributed by atoms with E-state index in [-0.39, 0.29) is 11.6 Å². The number of halogens is 1. The smallest absolute Gasteiger partial charge is 0.356 e. The van der Waals surface area contributed by atoms with Gasteiger partial charge in [0.1, 0.15) is 5.75 Å². The summed E-state index contributed by atoms with van der Waals surface area (Å²) in [7, 11) is 0. The Labute approximate surface area is 104 Å². The summed E-state index contributed by atoms with van der Waals surface area (Å²) in [6.45, 7) is 0. The molecule has 0 fully saturated rings. The first-order valence-corrected chi connectivity index (χ1v) is 5.28. The van der Waals surface area contributed by atoms with Crippen LogP contribution in [0.1, 0.15) is 10.5 Å². The van der Waals surface area contributed by atoms with Crippen molar-refractivity contribution in [3.63, 3.8) is 0 Å². The van der Waals surface area contributed by atoms with Crippen molar-refractivity contribution in [3.8, 4) is 11.6 Å². The van der Waals surface area contributed by atoms with Gasteiger partial charge in [0.25, 0.3) is 0 Å². The second kappa shape index (κ2) is 4.88. The van der Waals surface area contributed by atoms with Crippen LogP contribution >= 0.6 is 15.9 Å². The van der Waals surface area contributed by atoms with E-state index >= 15 is 0 Å². The highest BCUT2D eigenvalue weighted by Gasteiger charge is 2.07. The van der Waals surface area contributed by atoms with Gasteiger partial charge in [-0.1, -0.05) is 0 Å². The van der Waals surface area contributed by atoms with E-state index in [9.17, 15) is 4.79 Å². The number of aromatic carboxylic acids is 1. The summed E-state index contributed by atoms with van der Waals surface area (Å²) in [4.78, 5) is 22.1. The Kier molecular flexibility index (Phi) is 3.29. The van der Waals surface area contributed by atoms with E-state index in [2.05, 4.69) is 30.9 Å². The third-order valence-electron chi connectivity index (χ3n) is 1.73. The molecule has 6 nitrogen and oxygen atoms in total. The van der Waals surface area contributed by atoms with Gasteiger partial charge in [0.2, 0.25) is 5.88 Å². The van der Waals surface area contributed by atoms with Gasteiger partial charge in [-0.15, -0.1) is 0 Å². The molecule has 1 N–H and O–H groups in total. The van der Waals surface area contributed by atoms with Crippen molar-refractivity contribution in [2.24, 2.45) is 0 Å². The van der Waals surface area contributed by atoms with Crippen LogP contribution in [-0.2, 0) is 0 Å². The molecule has 0 bridgehead atoms. The van der Waals surface area contributed by atoms with E-state index in [1.54, 1.807) is 12.3 Å². The summed E-state index contributed by atoms with van der Waals surface area (Å²) in [5.41, 5.74) is -0.176. The van der Waals surface area contributed by atoms with Gasteiger partial charge in [0.15, 0.2) is 5.69 Å². The predicted octanol–water partition coefficient (Wildman–Crippen LogP) is 2.12. The zero-order chi connectivity index (χ0) is 12.3. The molecule has 0 radical (unpaired) electrons. The van der Waals surface area contributed by atoms with Gasteiger partial charge < -0.3 is 9.84 Å². The number of hydrogen-bond acceptors (Lipinski definition) is 5. The second-order valence-electron chi connectivity index (χ2n) is 2.99. The number of hydrogen-bond donors (Lipinski definition) is 1. The van der Waals surface area contributed by atoms with Crippen LogP contribution in [0.5, 0.6) is 11.6 Å². The van der Waals surface area contributed by atoms with Gasteiger partial charge in [-0.3, -0.25) is 9.97 Å². The van der Waals surface area contributed by atoms with Crippen LogP contribution in [0.3, 0.4) is 0 Å². The largest absolute Gasteiger partial charge is 0.476 e. The SMILES string of the molecule is O=C(O)c1cncc(Oc2cncc(Br)c2)n1. The number of ether oxygens (including phenoxy) is 1. The fourth-order valence-corrected chi connectivity index (χ4v) is 1.41. The highest BCUT2D eigenvalue weighted by Crippen LogP contribution is 2.21. The van der Waals surface area contributed by atoms with E-state index in [1.807, 2.05) is 0 Å². The minimum atomic E-state index is -1.16. The molecular formula is C10H6BrN3O3. The third-order valence-corrected chi connectivity index (χ3v) is 2.17. The third kappa shape index (κ3) is 2.97. The first-order valence-electron chi connectivity index (χ1n) is 4.49. The van der Waals surface area contributed by atoms with Gasteiger partial charge in [-0.2, -0.15) is 0 Å². The van der Waals surface area contributed by atoms with Crippen molar-refractivity contribution in [3.05, 3.63) is 41.0 Å². The molecule has 0 aliphatic carbocycles. The normalized spacial score (nSPS) is 9.94. The van der Waals surface area contributed by atoms with Crippen LogP contribution in [-0.4, -0.2) is 26.0 Å². The Morgan fingerprint density at radius 3 is 2.71 bits per heavy atom. The molecule has 7 heteroatoms. The molecule has 17 heavy (non-hydrogen) atoms. The van der Waals surface area contributed by atoms with Gasteiger partial charge in [-0.05, 0) is 22.0 Å². The summed E-state index contributed by atoms with van der Waals surface area (Å²) < 4.78 is 6.07. The van der Waals surface area contributed by atoms with E-state index in [0.717, 1.165) is 10.7 Å². The average molecular weight is 296 g/mol. The fraction of sp³-hybridized carbons (Fsp3) is 0. The standard InChI is InChI=1S/C10H6BrN3O3/c11-6-1-7(3-12-2-6)17-9-5-13-4-8(14-9)10(15)16/h1-5H,(H,15,16). The number of aromatic nitrogens is 3. The summed E-state index contributed by atoms with van der Waals surface area (Å²) in [6, 6.07) is 1.68. The Bertz CT molecular complexity index is 562. The summed E-state index contributed by atoms with van der Waals surface area (Å²) in [5.74, 6) is -0.615. The van der Waals surface area contributed by atoms with Crippen LogP contribution in [0.4, 0.5) is 0 Å². The number of carboxylic acids is 1. The van der Waals surface area contributed by atoms with Crippen molar-refractivity contribution in [2.45, 2.75) is 0 Å². The highest BCUT2D eigenvalue weighted by molar-refractivity contribution is 9.10.